The molecule has 2 heterocycles. The summed E-state index contributed by atoms with van der Waals surface area (Å²) in [5.41, 5.74) is 0.763. The van der Waals surface area contributed by atoms with Gasteiger partial charge in [0.15, 0.2) is 0 Å². The first kappa shape index (κ1) is 15.5. The standard InChI is InChI=1S/C16H23N3O2/c1-16(2,3)19-11-13(8-14(19)20)15(21)18(4)10-12-6-5-7-17-9-12/h5-7,9,13H,8,10-11H2,1-4H3. The number of carbonyl (C=O) groups is 2. The molecule has 0 bridgehead atoms. The summed E-state index contributed by atoms with van der Waals surface area (Å²) in [6.07, 6.45) is 3.78. The molecular weight excluding hydrogens is 266 g/mol. The molecule has 1 unspecified atom stereocenters. The van der Waals surface area contributed by atoms with Crippen molar-refractivity contribution >= 4 is 11.8 Å². The SMILES string of the molecule is CN(Cc1cccnc1)C(=O)C1CC(=O)N(C(C)(C)C)C1. The molecule has 2 rings (SSSR count). The van der Waals surface area contributed by atoms with Crippen LogP contribution in [0, 0.1) is 5.92 Å². The lowest BCUT2D eigenvalue weighted by molar-refractivity contribution is -0.135. The Balaban J connectivity index is 1.99. The average molecular weight is 289 g/mol. The van der Waals surface area contributed by atoms with Crippen LogP contribution in [-0.4, -0.2) is 45.7 Å². The van der Waals surface area contributed by atoms with E-state index in [0.29, 0.717) is 19.5 Å². The van der Waals surface area contributed by atoms with Crippen molar-refractivity contribution in [3.05, 3.63) is 30.1 Å². The predicted octanol–water partition coefficient (Wildman–Crippen LogP) is 1.69. The summed E-state index contributed by atoms with van der Waals surface area (Å²) in [4.78, 5) is 32.1. The summed E-state index contributed by atoms with van der Waals surface area (Å²) in [5, 5.41) is 0. The normalized spacial score (nSPS) is 19.0. The topological polar surface area (TPSA) is 53.5 Å². The molecule has 5 heteroatoms. The number of amides is 2. The second-order valence-electron chi connectivity index (χ2n) is 6.63. The summed E-state index contributed by atoms with van der Waals surface area (Å²) in [6, 6.07) is 3.80. The Hall–Kier alpha value is -1.91. The van der Waals surface area contributed by atoms with Crippen molar-refractivity contribution in [3.63, 3.8) is 0 Å². The highest BCUT2D eigenvalue weighted by Crippen LogP contribution is 2.27. The molecule has 5 nitrogen and oxygen atoms in total. The predicted molar refractivity (Wildman–Crippen MR) is 80.3 cm³/mol. The van der Waals surface area contributed by atoms with Crippen molar-refractivity contribution in [2.75, 3.05) is 13.6 Å². The molecule has 0 spiro atoms. The van der Waals surface area contributed by atoms with E-state index in [2.05, 4.69) is 4.98 Å². The summed E-state index contributed by atoms with van der Waals surface area (Å²) in [7, 11) is 1.78. The van der Waals surface area contributed by atoms with Gasteiger partial charge in [-0.2, -0.15) is 0 Å². The maximum Gasteiger partial charge on any atom is 0.228 e. The molecule has 1 aliphatic heterocycles. The Labute approximate surface area is 126 Å². The zero-order valence-electron chi connectivity index (χ0n) is 13.2. The van der Waals surface area contributed by atoms with E-state index < -0.39 is 0 Å². The Kier molecular flexibility index (Phi) is 4.30. The molecule has 0 radical (unpaired) electrons. The van der Waals surface area contributed by atoms with Crippen LogP contribution >= 0.6 is 0 Å². The quantitative estimate of drug-likeness (QED) is 0.851. The average Bonchev–Trinajstić information content (AvgIpc) is 2.81. The lowest BCUT2D eigenvalue weighted by Gasteiger charge is -2.32. The van der Waals surface area contributed by atoms with Crippen LogP contribution in [0.5, 0.6) is 0 Å². The molecule has 2 amide bonds. The van der Waals surface area contributed by atoms with Crippen molar-refractivity contribution in [1.29, 1.82) is 0 Å². The lowest BCUT2D eigenvalue weighted by atomic mass is 10.1. The highest BCUT2D eigenvalue weighted by Gasteiger charge is 2.40. The van der Waals surface area contributed by atoms with Gasteiger partial charge in [0, 0.05) is 44.5 Å². The summed E-state index contributed by atoms with van der Waals surface area (Å²) >= 11 is 0. The molecule has 1 saturated heterocycles. The second-order valence-corrected chi connectivity index (χ2v) is 6.63. The maximum absolute atomic E-state index is 12.5. The van der Waals surface area contributed by atoms with E-state index in [1.54, 1.807) is 29.2 Å². The maximum atomic E-state index is 12.5. The molecule has 0 aromatic carbocycles. The molecule has 0 saturated carbocycles. The van der Waals surface area contributed by atoms with Gasteiger partial charge < -0.3 is 9.80 Å². The third kappa shape index (κ3) is 3.60. The number of likely N-dealkylation sites (tertiary alicyclic amines) is 1. The van der Waals surface area contributed by atoms with E-state index in [9.17, 15) is 9.59 Å². The minimum absolute atomic E-state index is 0.0268. The third-order valence-corrected chi connectivity index (χ3v) is 3.80. The smallest absolute Gasteiger partial charge is 0.228 e. The van der Waals surface area contributed by atoms with Crippen LogP contribution in [0.4, 0.5) is 0 Å². The number of hydrogen-bond acceptors (Lipinski definition) is 3. The zero-order valence-corrected chi connectivity index (χ0v) is 13.2. The van der Waals surface area contributed by atoms with Crippen LogP contribution in [0.1, 0.15) is 32.8 Å². The third-order valence-electron chi connectivity index (χ3n) is 3.80. The van der Waals surface area contributed by atoms with E-state index in [0.717, 1.165) is 5.56 Å². The monoisotopic (exact) mass is 289 g/mol. The molecule has 114 valence electrons. The van der Waals surface area contributed by atoms with Gasteiger partial charge in [-0.15, -0.1) is 0 Å². The minimum atomic E-state index is -0.238. The first-order valence-electron chi connectivity index (χ1n) is 7.23. The van der Waals surface area contributed by atoms with Crippen LogP contribution in [0.2, 0.25) is 0 Å². The van der Waals surface area contributed by atoms with Gasteiger partial charge in [-0.1, -0.05) is 6.07 Å². The van der Waals surface area contributed by atoms with Crippen LogP contribution in [0.25, 0.3) is 0 Å². The Morgan fingerprint density at radius 1 is 1.48 bits per heavy atom. The summed E-state index contributed by atoms with van der Waals surface area (Å²) < 4.78 is 0. The van der Waals surface area contributed by atoms with Crippen molar-refractivity contribution < 1.29 is 9.59 Å². The fraction of sp³-hybridized carbons (Fsp3) is 0.562. The molecule has 0 N–H and O–H groups in total. The summed E-state index contributed by atoms with van der Waals surface area (Å²) in [5.74, 6) is -0.145. The van der Waals surface area contributed by atoms with Crippen molar-refractivity contribution in [1.82, 2.24) is 14.8 Å². The fourth-order valence-corrected chi connectivity index (χ4v) is 2.68. The number of rotatable bonds is 3. The van der Waals surface area contributed by atoms with Gasteiger partial charge in [-0.3, -0.25) is 14.6 Å². The summed E-state index contributed by atoms with van der Waals surface area (Å²) in [6.45, 7) is 7.02. The Bertz CT molecular complexity index is 522. The zero-order chi connectivity index (χ0) is 15.6. The Morgan fingerprint density at radius 2 is 2.19 bits per heavy atom. The van der Waals surface area contributed by atoms with Gasteiger partial charge in [-0.25, -0.2) is 0 Å². The van der Waals surface area contributed by atoms with Gasteiger partial charge in [0.05, 0.1) is 5.92 Å². The fourth-order valence-electron chi connectivity index (χ4n) is 2.68. The van der Waals surface area contributed by atoms with E-state index in [1.165, 1.54) is 0 Å². The van der Waals surface area contributed by atoms with E-state index in [1.807, 2.05) is 32.9 Å². The van der Waals surface area contributed by atoms with Gasteiger partial charge >= 0.3 is 0 Å². The van der Waals surface area contributed by atoms with Gasteiger partial charge in [0.2, 0.25) is 11.8 Å². The minimum Gasteiger partial charge on any atom is -0.341 e. The first-order chi connectivity index (χ1) is 9.79. The Morgan fingerprint density at radius 3 is 2.71 bits per heavy atom. The van der Waals surface area contributed by atoms with Crippen molar-refractivity contribution in [2.24, 2.45) is 5.92 Å². The van der Waals surface area contributed by atoms with Gasteiger partial charge in [-0.05, 0) is 32.4 Å². The number of nitrogens with zero attached hydrogens (tertiary/aromatic N) is 3. The number of hydrogen-bond donors (Lipinski definition) is 0. The highest BCUT2D eigenvalue weighted by molar-refractivity contribution is 5.89. The van der Waals surface area contributed by atoms with E-state index in [-0.39, 0.29) is 23.3 Å². The molecular formula is C16H23N3O2. The second kappa shape index (κ2) is 5.84. The largest absolute Gasteiger partial charge is 0.341 e. The van der Waals surface area contributed by atoms with Crippen LogP contribution in [0.3, 0.4) is 0 Å². The van der Waals surface area contributed by atoms with E-state index in [4.69, 9.17) is 0 Å². The molecule has 21 heavy (non-hydrogen) atoms. The number of pyridine rings is 1. The van der Waals surface area contributed by atoms with Crippen LogP contribution in [-0.2, 0) is 16.1 Å². The number of aromatic nitrogens is 1. The first-order valence-corrected chi connectivity index (χ1v) is 7.23. The highest BCUT2D eigenvalue weighted by atomic mass is 16.2. The molecule has 1 aromatic heterocycles. The molecule has 1 fully saturated rings. The van der Waals surface area contributed by atoms with Gasteiger partial charge in [0.25, 0.3) is 0 Å². The van der Waals surface area contributed by atoms with Crippen molar-refractivity contribution in [3.8, 4) is 0 Å². The number of carbonyl (C=O) groups excluding carboxylic acids is 2. The van der Waals surface area contributed by atoms with Crippen LogP contribution in [0.15, 0.2) is 24.5 Å². The molecule has 1 aliphatic rings. The molecule has 0 aliphatic carbocycles. The lowest BCUT2D eigenvalue weighted by Crippen LogP contribution is -2.43. The van der Waals surface area contributed by atoms with E-state index >= 15 is 0 Å². The van der Waals surface area contributed by atoms with Gasteiger partial charge in [0.1, 0.15) is 0 Å². The van der Waals surface area contributed by atoms with Crippen LogP contribution < -0.4 is 0 Å². The molecule has 1 aromatic rings. The van der Waals surface area contributed by atoms with Crippen molar-refractivity contribution in [2.45, 2.75) is 39.3 Å². The molecule has 1 atom stereocenters.